The molecule has 0 N–H and O–H groups in total. The standard InChI is InChI=1S/C21H23ClN4O/c1-21(7-8-21)12-14-5-6-17-15(10-14)20(16-11-18(22)24-13-23-16)25-26(17)19-4-2-3-9-27-19/h5-6,10-11,13,19H,2-4,7-9,12H2,1H3. The highest BCUT2D eigenvalue weighted by Gasteiger charge is 2.37. The van der Waals surface area contributed by atoms with Gasteiger partial charge in [0.2, 0.25) is 0 Å². The zero-order valence-corrected chi connectivity index (χ0v) is 16.2. The molecule has 2 aliphatic rings. The van der Waals surface area contributed by atoms with Crippen molar-refractivity contribution < 1.29 is 4.74 Å². The van der Waals surface area contributed by atoms with Crippen molar-refractivity contribution in [1.29, 1.82) is 0 Å². The number of aromatic nitrogens is 4. The van der Waals surface area contributed by atoms with Gasteiger partial charge in [-0.05, 0) is 61.6 Å². The number of hydrogen-bond donors (Lipinski definition) is 0. The average molecular weight is 383 g/mol. The van der Waals surface area contributed by atoms with Crippen molar-refractivity contribution in [2.75, 3.05) is 6.61 Å². The second-order valence-electron chi connectivity index (χ2n) is 8.18. The maximum Gasteiger partial charge on any atom is 0.150 e. The van der Waals surface area contributed by atoms with E-state index >= 15 is 0 Å². The molecule has 1 aliphatic heterocycles. The highest BCUT2D eigenvalue weighted by Crippen LogP contribution is 2.48. The van der Waals surface area contributed by atoms with Crippen LogP contribution in [0.5, 0.6) is 0 Å². The van der Waals surface area contributed by atoms with Crippen LogP contribution in [0.2, 0.25) is 5.15 Å². The van der Waals surface area contributed by atoms with Gasteiger partial charge in [0.1, 0.15) is 17.2 Å². The van der Waals surface area contributed by atoms with Crippen LogP contribution >= 0.6 is 11.6 Å². The van der Waals surface area contributed by atoms with Crippen molar-refractivity contribution in [2.24, 2.45) is 5.41 Å². The van der Waals surface area contributed by atoms with E-state index < -0.39 is 0 Å². The minimum Gasteiger partial charge on any atom is -0.356 e. The van der Waals surface area contributed by atoms with Gasteiger partial charge in [-0.2, -0.15) is 5.10 Å². The molecule has 1 saturated carbocycles. The van der Waals surface area contributed by atoms with Gasteiger partial charge in [0.05, 0.1) is 11.2 Å². The van der Waals surface area contributed by atoms with Crippen molar-refractivity contribution in [1.82, 2.24) is 19.7 Å². The number of nitrogens with zero attached hydrogens (tertiary/aromatic N) is 4. The average Bonchev–Trinajstić information content (AvgIpc) is 3.28. The first kappa shape index (κ1) is 17.1. The van der Waals surface area contributed by atoms with Gasteiger partial charge in [-0.3, -0.25) is 0 Å². The van der Waals surface area contributed by atoms with Crippen LogP contribution in [0.1, 0.15) is 50.8 Å². The summed E-state index contributed by atoms with van der Waals surface area (Å²) in [4.78, 5) is 8.43. The first-order valence-electron chi connectivity index (χ1n) is 9.72. The Morgan fingerprint density at radius 3 is 2.85 bits per heavy atom. The summed E-state index contributed by atoms with van der Waals surface area (Å²) in [6.45, 7) is 3.15. The van der Waals surface area contributed by atoms with Crippen molar-refractivity contribution >= 4 is 22.5 Å². The van der Waals surface area contributed by atoms with Crippen LogP contribution in [-0.2, 0) is 11.2 Å². The van der Waals surface area contributed by atoms with Crippen LogP contribution in [0, 0.1) is 5.41 Å². The minimum absolute atomic E-state index is 0.0147. The van der Waals surface area contributed by atoms with Gasteiger partial charge in [-0.25, -0.2) is 14.6 Å². The quantitative estimate of drug-likeness (QED) is 0.583. The molecule has 0 radical (unpaired) electrons. The van der Waals surface area contributed by atoms with Crippen LogP contribution in [0.3, 0.4) is 0 Å². The molecule has 5 rings (SSSR count). The van der Waals surface area contributed by atoms with Gasteiger partial charge >= 0.3 is 0 Å². The Kier molecular flexibility index (Phi) is 4.17. The van der Waals surface area contributed by atoms with E-state index in [-0.39, 0.29) is 6.23 Å². The highest BCUT2D eigenvalue weighted by atomic mass is 35.5. The first-order valence-corrected chi connectivity index (χ1v) is 10.1. The lowest BCUT2D eigenvalue weighted by Gasteiger charge is -2.23. The molecule has 1 atom stereocenters. The molecule has 1 aliphatic carbocycles. The minimum atomic E-state index is -0.0147. The number of fused-ring (bicyclic) bond motifs is 1. The van der Waals surface area contributed by atoms with Gasteiger partial charge < -0.3 is 4.74 Å². The SMILES string of the molecule is CC1(Cc2ccc3c(c2)c(-c2cc(Cl)ncn2)nn3C2CCCCO2)CC1. The zero-order chi connectivity index (χ0) is 18.4. The molecule has 2 aromatic heterocycles. The van der Waals surface area contributed by atoms with Crippen LogP contribution < -0.4 is 0 Å². The zero-order valence-electron chi connectivity index (χ0n) is 15.5. The molecule has 3 heterocycles. The molecule has 0 amide bonds. The third kappa shape index (κ3) is 3.34. The summed E-state index contributed by atoms with van der Waals surface area (Å²) in [6, 6.07) is 8.48. The molecule has 0 bridgehead atoms. The molecule has 140 valence electrons. The fraction of sp³-hybridized carbons (Fsp3) is 0.476. The fourth-order valence-electron chi connectivity index (χ4n) is 3.97. The second kappa shape index (κ2) is 6.57. The molecule has 6 heteroatoms. The van der Waals surface area contributed by atoms with E-state index in [9.17, 15) is 0 Å². The van der Waals surface area contributed by atoms with E-state index in [1.165, 1.54) is 24.7 Å². The van der Waals surface area contributed by atoms with E-state index in [0.29, 0.717) is 10.6 Å². The number of ether oxygens (including phenoxy) is 1. The van der Waals surface area contributed by atoms with Crippen LogP contribution in [0.4, 0.5) is 0 Å². The third-order valence-corrected chi connectivity index (χ3v) is 6.02. The molecule has 3 aromatic rings. The Hall–Kier alpha value is -1.98. The number of halogens is 1. The maximum atomic E-state index is 6.12. The molecule has 0 spiro atoms. The van der Waals surface area contributed by atoms with E-state index in [1.54, 1.807) is 6.07 Å². The second-order valence-corrected chi connectivity index (χ2v) is 8.57. The smallest absolute Gasteiger partial charge is 0.150 e. The topological polar surface area (TPSA) is 52.8 Å². The number of rotatable bonds is 4. The third-order valence-electron chi connectivity index (χ3n) is 5.81. The van der Waals surface area contributed by atoms with Crippen LogP contribution in [0.15, 0.2) is 30.6 Å². The molecule has 1 saturated heterocycles. The fourth-order valence-corrected chi connectivity index (χ4v) is 4.12. The molecule has 5 nitrogen and oxygen atoms in total. The molecule has 1 unspecified atom stereocenters. The van der Waals surface area contributed by atoms with Crippen LogP contribution in [0.25, 0.3) is 22.3 Å². The number of benzene rings is 1. The van der Waals surface area contributed by atoms with Crippen LogP contribution in [-0.4, -0.2) is 26.4 Å². The van der Waals surface area contributed by atoms with Gasteiger partial charge in [-0.1, -0.05) is 24.6 Å². The molecule has 1 aromatic carbocycles. The lowest BCUT2D eigenvalue weighted by atomic mass is 9.97. The summed E-state index contributed by atoms with van der Waals surface area (Å²) in [7, 11) is 0. The van der Waals surface area contributed by atoms with E-state index in [2.05, 4.69) is 35.1 Å². The predicted molar refractivity (Wildman–Crippen MR) is 106 cm³/mol. The normalized spacial score (nSPS) is 21.5. The van der Waals surface area contributed by atoms with Gasteiger partial charge in [0.15, 0.2) is 6.23 Å². The van der Waals surface area contributed by atoms with Crippen molar-refractivity contribution in [3.8, 4) is 11.4 Å². The van der Waals surface area contributed by atoms with Crippen molar-refractivity contribution in [3.05, 3.63) is 41.3 Å². The summed E-state index contributed by atoms with van der Waals surface area (Å²) in [5, 5.41) is 6.46. The predicted octanol–water partition coefficient (Wildman–Crippen LogP) is 5.19. The summed E-state index contributed by atoms with van der Waals surface area (Å²) in [5.74, 6) is 0. The summed E-state index contributed by atoms with van der Waals surface area (Å²) < 4.78 is 8.04. The molecular formula is C21H23ClN4O. The first-order chi connectivity index (χ1) is 13.1. The monoisotopic (exact) mass is 382 g/mol. The van der Waals surface area contributed by atoms with Gasteiger partial charge in [-0.15, -0.1) is 0 Å². The summed E-state index contributed by atoms with van der Waals surface area (Å²) >= 11 is 6.12. The summed E-state index contributed by atoms with van der Waals surface area (Å²) in [6.07, 6.45) is 8.49. The summed E-state index contributed by atoms with van der Waals surface area (Å²) in [5.41, 5.74) is 4.52. The Morgan fingerprint density at radius 2 is 2.11 bits per heavy atom. The van der Waals surface area contributed by atoms with Gasteiger partial charge in [0, 0.05) is 18.1 Å². The Balaban J connectivity index is 1.64. The maximum absolute atomic E-state index is 6.12. The van der Waals surface area contributed by atoms with Crippen molar-refractivity contribution in [2.45, 2.75) is 51.7 Å². The lowest BCUT2D eigenvalue weighted by molar-refractivity contribution is -0.0365. The van der Waals surface area contributed by atoms with Crippen molar-refractivity contribution in [3.63, 3.8) is 0 Å². The van der Waals surface area contributed by atoms with E-state index in [4.69, 9.17) is 21.4 Å². The molecule has 2 fully saturated rings. The largest absolute Gasteiger partial charge is 0.356 e. The van der Waals surface area contributed by atoms with E-state index in [0.717, 1.165) is 54.6 Å². The number of hydrogen-bond acceptors (Lipinski definition) is 4. The van der Waals surface area contributed by atoms with E-state index in [1.807, 2.05) is 4.68 Å². The molecular weight excluding hydrogens is 360 g/mol. The lowest BCUT2D eigenvalue weighted by Crippen LogP contribution is -2.19. The van der Waals surface area contributed by atoms with Gasteiger partial charge in [0.25, 0.3) is 0 Å². The Labute approximate surface area is 163 Å². The highest BCUT2D eigenvalue weighted by molar-refractivity contribution is 6.29. The Morgan fingerprint density at radius 1 is 1.22 bits per heavy atom. The molecule has 27 heavy (non-hydrogen) atoms. The Bertz CT molecular complexity index is 989.